The van der Waals surface area contributed by atoms with Crippen LogP contribution in [0, 0.1) is 0 Å². The molecule has 1 aliphatic heterocycles. The third kappa shape index (κ3) is 3.59. The minimum atomic E-state index is -0.235. The zero-order valence-corrected chi connectivity index (χ0v) is 13.6. The van der Waals surface area contributed by atoms with Crippen LogP contribution in [0.2, 0.25) is 0 Å². The van der Waals surface area contributed by atoms with Crippen LogP contribution in [0.1, 0.15) is 23.1 Å². The van der Waals surface area contributed by atoms with Crippen molar-refractivity contribution in [3.8, 4) is 5.75 Å². The van der Waals surface area contributed by atoms with Gasteiger partial charge in [-0.05, 0) is 29.7 Å². The number of fused-ring (bicyclic) bond motifs is 1. The number of hydrogen-bond donors (Lipinski definition) is 1. The van der Waals surface area contributed by atoms with Crippen molar-refractivity contribution in [3.63, 3.8) is 0 Å². The van der Waals surface area contributed by atoms with Crippen molar-refractivity contribution in [2.45, 2.75) is 19.3 Å². The molecule has 0 amide bonds. The Balaban J connectivity index is 1.78. The van der Waals surface area contributed by atoms with Crippen LogP contribution >= 0.6 is 0 Å². The fraction of sp³-hybridized carbons (Fsp3) is 0.250. The number of carbonyl (C=O) groups is 1. The Labute approximate surface area is 141 Å². The van der Waals surface area contributed by atoms with Gasteiger partial charge in [0.05, 0.1) is 12.7 Å². The first-order valence-corrected chi connectivity index (χ1v) is 7.95. The summed E-state index contributed by atoms with van der Waals surface area (Å²) in [5.41, 5.74) is 3.70. The number of methoxy groups -OCH3 is 1. The molecular weight excluding hydrogens is 304 g/mol. The third-order valence-electron chi connectivity index (χ3n) is 4.14. The second-order valence-electron chi connectivity index (χ2n) is 5.81. The van der Waals surface area contributed by atoms with Gasteiger partial charge in [0.25, 0.3) is 0 Å². The van der Waals surface area contributed by atoms with Crippen molar-refractivity contribution in [3.05, 3.63) is 70.8 Å². The highest BCUT2D eigenvalue weighted by Crippen LogP contribution is 2.33. The van der Waals surface area contributed by atoms with Crippen molar-refractivity contribution in [1.82, 2.24) is 0 Å². The number of esters is 1. The van der Waals surface area contributed by atoms with Gasteiger partial charge in [-0.2, -0.15) is 0 Å². The largest absolute Gasteiger partial charge is 0.507 e. The molecule has 0 radical (unpaired) electrons. The molecule has 0 unspecified atom stereocenters. The summed E-state index contributed by atoms with van der Waals surface area (Å²) in [6.07, 6.45) is 1.58. The van der Waals surface area contributed by atoms with E-state index in [4.69, 9.17) is 4.74 Å². The minimum Gasteiger partial charge on any atom is -0.507 e. The molecule has 0 saturated heterocycles. The zero-order valence-electron chi connectivity index (χ0n) is 13.6. The smallest absolute Gasteiger partial charge is 0.305 e. The average Bonchev–Trinajstić information content (AvgIpc) is 2.63. The summed E-state index contributed by atoms with van der Waals surface area (Å²) in [6, 6.07) is 15.6. The van der Waals surface area contributed by atoms with Crippen molar-refractivity contribution in [1.29, 1.82) is 0 Å². The number of aliphatic hydroxyl groups excluding tert-OH is 1. The highest BCUT2D eigenvalue weighted by Gasteiger charge is 2.20. The molecule has 0 fully saturated rings. The predicted octanol–water partition coefficient (Wildman–Crippen LogP) is 3.70. The topological polar surface area (TPSA) is 55.8 Å². The molecule has 0 bridgehead atoms. The van der Waals surface area contributed by atoms with Crippen LogP contribution in [0.4, 0.5) is 0 Å². The van der Waals surface area contributed by atoms with Gasteiger partial charge in [-0.25, -0.2) is 0 Å². The molecule has 1 aliphatic rings. The lowest BCUT2D eigenvalue weighted by Crippen LogP contribution is -2.13. The van der Waals surface area contributed by atoms with Gasteiger partial charge in [-0.1, -0.05) is 36.4 Å². The molecule has 0 saturated carbocycles. The lowest BCUT2D eigenvalue weighted by Gasteiger charge is -2.21. The van der Waals surface area contributed by atoms with E-state index in [1.807, 2.05) is 48.5 Å². The zero-order chi connectivity index (χ0) is 16.9. The standard InChI is InChI=1S/C20H20O4/c1-23-19(21)10-8-15-7-9-17-18(12-15)24-13-16(20(17)22)11-14-5-3-2-4-6-14/h2-7,9,12,22H,8,10-11,13H2,1H3. The molecule has 4 nitrogen and oxygen atoms in total. The molecule has 0 spiro atoms. The van der Waals surface area contributed by atoms with Crippen LogP contribution in [-0.4, -0.2) is 24.8 Å². The second-order valence-corrected chi connectivity index (χ2v) is 5.81. The summed E-state index contributed by atoms with van der Waals surface area (Å²) >= 11 is 0. The third-order valence-corrected chi connectivity index (χ3v) is 4.14. The molecule has 1 heterocycles. The number of benzene rings is 2. The lowest BCUT2D eigenvalue weighted by molar-refractivity contribution is -0.140. The van der Waals surface area contributed by atoms with E-state index >= 15 is 0 Å². The second kappa shape index (κ2) is 7.21. The molecule has 3 rings (SSSR count). The van der Waals surface area contributed by atoms with Crippen LogP contribution in [0.25, 0.3) is 5.76 Å². The van der Waals surface area contributed by atoms with Crippen LogP contribution in [-0.2, 0) is 22.4 Å². The molecule has 0 atom stereocenters. The number of carbonyl (C=O) groups excluding carboxylic acids is 1. The van der Waals surface area contributed by atoms with Gasteiger partial charge in [-0.15, -0.1) is 0 Å². The monoisotopic (exact) mass is 324 g/mol. The van der Waals surface area contributed by atoms with Gasteiger partial charge in [0, 0.05) is 18.4 Å². The van der Waals surface area contributed by atoms with E-state index in [9.17, 15) is 9.90 Å². The summed E-state index contributed by atoms with van der Waals surface area (Å²) in [5.74, 6) is 0.716. The molecule has 24 heavy (non-hydrogen) atoms. The number of ether oxygens (including phenoxy) is 2. The summed E-state index contributed by atoms with van der Waals surface area (Å²) in [6.45, 7) is 0.369. The van der Waals surface area contributed by atoms with Gasteiger partial charge in [0.1, 0.15) is 18.1 Å². The minimum absolute atomic E-state index is 0.235. The Kier molecular flexibility index (Phi) is 4.85. The average molecular weight is 324 g/mol. The van der Waals surface area contributed by atoms with E-state index in [2.05, 4.69) is 4.74 Å². The van der Waals surface area contributed by atoms with E-state index < -0.39 is 0 Å². The number of aliphatic hydroxyl groups is 1. The normalized spacial score (nSPS) is 13.2. The Morgan fingerprint density at radius 3 is 2.71 bits per heavy atom. The maximum atomic E-state index is 11.2. The fourth-order valence-electron chi connectivity index (χ4n) is 2.79. The Morgan fingerprint density at radius 2 is 1.96 bits per heavy atom. The summed E-state index contributed by atoms with van der Waals surface area (Å²) in [5, 5.41) is 10.6. The summed E-state index contributed by atoms with van der Waals surface area (Å²) in [7, 11) is 1.38. The molecular formula is C20H20O4. The van der Waals surface area contributed by atoms with Crippen molar-refractivity contribution >= 4 is 11.7 Å². The predicted molar refractivity (Wildman–Crippen MR) is 92.0 cm³/mol. The lowest BCUT2D eigenvalue weighted by atomic mass is 9.97. The van der Waals surface area contributed by atoms with Crippen LogP contribution in [0.15, 0.2) is 54.1 Å². The van der Waals surface area contributed by atoms with Gasteiger partial charge in [0.15, 0.2) is 0 Å². The number of rotatable bonds is 5. The molecule has 0 aliphatic carbocycles. The first-order valence-electron chi connectivity index (χ1n) is 7.95. The molecule has 2 aromatic carbocycles. The first kappa shape index (κ1) is 16.1. The molecule has 1 N–H and O–H groups in total. The van der Waals surface area contributed by atoms with E-state index in [1.54, 1.807) is 0 Å². The van der Waals surface area contributed by atoms with Crippen LogP contribution in [0.5, 0.6) is 5.75 Å². The Morgan fingerprint density at radius 1 is 1.17 bits per heavy atom. The van der Waals surface area contributed by atoms with Crippen molar-refractivity contribution in [2.75, 3.05) is 13.7 Å². The van der Waals surface area contributed by atoms with Crippen molar-refractivity contribution in [2.24, 2.45) is 0 Å². The molecule has 4 heteroatoms. The van der Waals surface area contributed by atoms with Gasteiger partial charge in [-0.3, -0.25) is 4.79 Å². The summed E-state index contributed by atoms with van der Waals surface area (Å²) < 4.78 is 10.5. The van der Waals surface area contributed by atoms with E-state index in [-0.39, 0.29) is 5.97 Å². The van der Waals surface area contributed by atoms with Crippen LogP contribution < -0.4 is 4.74 Å². The Hall–Kier alpha value is -2.75. The van der Waals surface area contributed by atoms with E-state index in [0.717, 1.165) is 16.7 Å². The SMILES string of the molecule is COC(=O)CCc1ccc2c(c1)OCC(Cc1ccccc1)=C2O. The first-order chi connectivity index (χ1) is 11.7. The maximum absolute atomic E-state index is 11.2. The Bertz CT molecular complexity index is 762. The van der Waals surface area contributed by atoms with Crippen LogP contribution in [0.3, 0.4) is 0 Å². The van der Waals surface area contributed by atoms with E-state index in [1.165, 1.54) is 7.11 Å². The number of hydrogen-bond acceptors (Lipinski definition) is 4. The molecule has 2 aromatic rings. The maximum Gasteiger partial charge on any atom is 0.305 e. The highest BCUT2D eigenvalue weighted by molar-refractivity contribution is 5.71. The summed E-state index contributed by atoms with van der Waals surface area (Å²) in [4.78, 5) is 11.2. The van der Waals surface area contributed by atoms with Crippen molar-refractivity contribution < 1.29 is 19.4 Å². The van der Waals surface area contributed by atoms with Gasteiger partial charge >= 0.3 is 5.97 Å². The van der Waals surface area contributed by atoms with Gasteiger partial charge in [0.2, 0.25) is 0 Å². The molecule has 124 valence electrons. The quantitative estimate of drug-likeness (QED) is 0.852. The van der Waals surface area contributed by atoms with Gasteiger partial charge < -0.3 is 14.6 Å². The molecule has 0 aromatic heterocycles. The highest BCUT2D eigenvalue weighted by atomic mass is 16.5. The fourth-order valence-corrected chi connectivity index (χ4v) is 2.79. The van der Waals surface area contributed by atoms with E-state index in [0.29, 0.717) is 42.9 Å². The number of aryl methyl sites for hydroxylation is 1.